The summed E-state index contributed by atoms with van der Waals surface area (Å²) in [6.45, 7) is 0.308. The number of anilines is 1. The van der Waals surface area contributed by atoms with Gasteiger partial charge in [-0.05, 0) is 41.0 Å². The largest absolute Gasteiger partial charge is 0.444 e. The van der Waals surface area contributed by atoms with Crippen molar-refractivity contribution in [2.75, 3.05) is 10.7 Å². The van der Waals surface area contributed by atoms with Gasteiger partial charge in [0, 0.05) is 24.7 Å². The highest BCUT2D eigenvalue weighted by molar-refractivity contribution is 7.99. The Bertz CT molecular complexity index is 1430. The Balaban J connectivity index is 1.42. The van der Waals surface area contributed by atoms with E-state index in [0.29, 0.717) is 11.4 Å². The van der Waals surface area contributed by atoms with E-state index in [0.717, 1.165) is 21.6 Å². The first-order chi connectivity index (χ1) is 19.6. The van der Waals surface area contributed by atoms with Crippen molar-refractivity contribution < 1.29 is 19.1 Å². The first-order valence-corrected chi connectivity index (χ1v) is 13.9. The molecule has 1 N–H and O–H groups in total. The molecule has 2 heterocycles. The molecule has 1 fully saturated rings. The molecule has 1 aliphatic rings. The molecule has 1 saturated heterocycles. The average Bonchev–Trinajstić information content (AvgIpc) is 3.46. The molecule has 0 radical (unpaired) electrons. The maximum Gasteiger partial charge on any atom is 0.412 e. The molecule has 3 aromatic carbocycles. The topological polar surface area (TPSA) is 91.8 Å². The number of carbonyl (C=O) groups excluding carboxylic acids is 3. The summed E-state index contributed by atoms with van der Waals surface area (Å²) in [7, 11) is 0. The molecular formula is C31H28N4O4S. The molecule has 4 amide bonds. The molecule has 40 heavy (non-hydrogen) atoms. The second-order valence-electron chi connectivity index (χ2n) is 9.08. The number of hydrogen-bond donors (Lipinski definition) is 1. The summed E-state index contributed by atoms with van der Waals surface area (Å²) in [5, 5.41) is 2.37. The molecule has 8 nitrogen and oxygen atoms in total. The third kappa shape index (κ3) is 6.32. The molecule has 4 aromatic rings. The Labute approximate surface area is 237 Å². The van der Waals surface area contributed by atoms with Crippen LogP contribution in [-0.4, -0.2) is 39.7 Å². The molecule has 202 valence electrons. The summed E-state index contributed by atoms with van der Waals surface area (Å²) >= 11 is 1.44. The summed E-state index contributed by atoms with van der Waals surface area (Å²) in [6, 6.07) is 29.6. The van der Waals surface area contributed by atoms with Gasteiger partial charge in [-0.3, -0.25) is 14.7 Å². The smallest absolute Gasteiger partial charge is 0.412 e. The number of imide groups is 1. The summed E-state index contributed by atoms with van der Waals surface area (Å²) in [5.41, 5.74) is 2.95. The predicted octanol–water partition coefficient (Wildman–Crippen LogP) is 5.78. The van der Waals surface area contributed by atoms with Crippen molar-refractivity contribution in [1.82, 2.24) is 15.2 Å². The van der Waals surface area contributed by atoms with Crippen molar-refractivity contribution in [3.05, 3.63) is 132 Å². The van der Waals surface area contributed by atoms with Crippen LogP contribution in [0.15, 0.2) is 116 Å². The van der Waals surface area contributed by atoms with Crippen molar-refractivity contribution in [1.29, 1.82) is 0 Å². The average molecular weight is 553 g/mol. The van der Waals surface area contributed by atoms with Gasteiger partial charge in [0.2, 0.25) is 0 Å². The van der Waals surface area contributed by atoms with Gasteiger partial charge in [0.05, 0.1) is 5.69 Å². The molecule has 0 saturated carbocycles. The van der Waals surface area contributed by atoms with Crippen LogP contribution < -0.4 is 10.2 Å². The molecule has 2 unspecified atom stereocenters. The third-order valence-electron chi connectivity index (χ3n) is 6.42. The van der Waals surface area contributed by atoms with E-state index >= 15 is 0 Å². The molecular weight excluding hydrogens is 524 g/mol. The quantitative estimate of drug-likeness (QED) is 0.313. The third-order valence-corrected chi connectivity index (χ3v) is 7.74. The van der Waals surface area contributed by atoms with Crippen molar-refractivity contribution >= 4 is 35.5 Å². The van der Waals surface area contributed by atoms with E-state index in [1.165, 1.54) is 16.7 Å². The zero-order valence-electron chi connectivity index (χ0n) is 21.6. The number of aromatic nitrogens is 1. The van der Waals surface area contributed by atoms with Crippen LogP contribution >= 0.6 is 11.8 Å². The number of carbonyl (C=O) groups is 3. The van der Waals surface area contributed by atoms with E-state index in [1.54, 1.807) is 36.7 Å². The molecule has 9 heteroatoms. The van der Waals surface area contributed by atoms with Crippen LogP contribution in [0, 0.1) is 0 Å². The van der Waals surface area contributed by atoms with E-state index in [2.05, 4.69) is 10.3 Å². The van der Waals surface area contributed by atoms with Crippen LogP contribution in [0.2, 0.25) is 0 Å². The first-order valence-electron chi connectivity index (χ1n) is 12.8. The number of nitrogens with zero attached hydrogens (tertiary/aromatic N) is 3. The number of ether oxygens (including phenoxy) is 1. The highest BCUT2D eigenvalue weighted by Crippen LogP contribution is 2.42. The lowest BCUT2D eigenvalue weighted by atomic mass is 10.2. The van der Waals surface area contributed by atoms with Crippen LogP contribution in [0.4, 0.5) is 15.3 Å². The van der Waals surface area contributed by atoms with E-state index in [9.17, 15) is 14.4 Å². The summed E-state index contributed by atoms with van der Waals surface area (Å²) in [5.74, 6) is -0.223. The lowest BCUT2D eigenvalue weighted by Gasteiger charge is -2.31. The lowest BCUT2D eigenvalue weighted by molar-refractivity contribution is -0.121. The van der Waals surface area contributed by atoms with Crippen LogP contribution in [0.5, 0.6) is 0 Å². The van der Waals surface area contributed by atoms with E-state index in [4.69, 9.17) is 4.74 Å². The molecule has 0 aliphatic carbocycles. The zero-order valence-corrected chi connectivity index (χ0v) is 22.4. The van der Waals surface area contributed by atoms with Crippen molar-refractivity contribution in [3.8, 4) is 0 Å². The number of urea groups is 1. The SMILES string of the molecule is O=C(NCc1ccccc1)N(C(=O)C1CSC(c2ccncc2)N1C(=O)OCc1ccccc1)c1ccccc1. The Morgan fingerprint density at radius 2 is 1.45 bits per heavy atom. The summed E-state index contributed by atoms with van der Waals surface area (Å²) in [6.07, 6.45) is 2.66. The van der Waals surface area contributed by atoms with Crippen molar-refractivity contribution in [2.45, 2.75) is 24.6 Å². The maximum atomic E-state index is 14.2. The van der Waals surface area contributed by atoms with Gasteiger partial charge in [-0.25, -0.2) is 14.5 Å². The molecule has 0 bridgehead atoms. The number of para-hydroxylation sites is 1. The van der Waals surface area contributed by atoms with Gasteiger partial charge in [-0.15, -0.1) is 11.8 Å². The molecule has 1 aliphatic heterocycles. The number of rotatable bonds is 7. The highest BCUT2D eigenvalue weighted by Gasteiger charge is 2.46. The molecule has 1 aromatic heterocycles. The Hall–Kier alpha value is -4.63. The van der Waals surface area contributed by atoms with Gasteiger partial charge < -0.3 is 10.1 Å². The lowest BCUT2D eigenvalue weighted by Crippen LogP contribution is -2.54. The van der Waals surface area contributed by atoms with Crippen LogP contribution in [0.1, 0.15) is 22.1 Å². The van der Waals surface area contributed by atoms with Crippen molar-refractivity contribution in [3.63, 3.8) is 0 Å². The summed E-state index contributed by atoms with van der Waals surface area (Å²) in [4.78, 5) is 47.8. The minimum Gasteiger partial charge on any atom is -0.444 e. The van der Waals surface area contributed by atoms with Crippen LogP contribution in [-0.2, 0) is 22.7 Å². The second-order valence-corrected chi connectivity index (χ2v) is 10.2. The highest BCUT2D eigenvalue weighted by atomic mass is 32.2. The van der Waals surface area contributed by atoms with E-state index in [-0.39, 0.29) is 13.2 Å². The minimum atomic E-state index is -0.936. The molecule has 2 atom stereocenters. The standard InChI is InChI=1S/C31H28N4O4S/c36-28(34(26-14-8-3-9-15-26)30(37)33-20-23-10-4-1-5-11-23)27-22-40-29(25-16-18-32-19-17-25)35(27)31(38)39-21-24-12-6-2-7-13-24/h1-19,27,29H,20-22H2,(H,33,37). The predicted molar refractivity (Wildman–Crippen MR) is 154 cm³/mol. The number of thioether (sulfide) groups is 1. The number of pyridine rings is 1. The fraction of sp³-hybridized carbons (Fsp3) is 0.161. The number of benzene rings is 3. The Morgan fingerprint density at radius 3 is 2.10 bits per heavy atom. The maximum absolute atomic E-state index is 14.2. The van der Waals surface area contributed by atoms with Gasteiger partial charge in [0.15, 0.2) is 0 Å². The Kier molecular flexibility index (Phi) is 8.73. The number of nitrogens with one attached hydrogen (secondary N) is 1. The van der Waals surface area contributed by atoms with Gasteiger partial charge in [-0.2, -0.15) is 0 Å². The normalized spacial score (nSPS) is 16.2. The van der Waals surface area contributed by atoms with E-state index in [1.807, 2.05) is 78.9 Å². The van der Waals surface area contributed by atoms with Crippen LogP contribution in [0.3, 0.4) is 0 Å². The Morgan fingerprint density at radius 1 is 0.850 bits per heavy atom. The monoisotopic (exact) mass is 552 g/mol. The molecule has 5 rings (SSSR count). The first kappa shape index (κ1) is 27.0. The zero-order chi connectivity index (χ0) is 27.7. The summed E-state index contributed by atoms with van der Waals surface area (Å²) < 4.78 is 5.68. The van der Waals surface area contributed by atoms with Gasteiger partial charge >= 0.3 is 12.1 Å². The van der Waals surface area contributed by atoms with Gasteiger partial charge in [-0.1, -0.05) is 78.9 Å². The van der Waals surface area contributed by atoms with Crippen molar-refractivity contribution in [2.24, 2.45) is 0 Å². The second kappa shape index (κ2) is 12.9. The van der Waals surface area contributed by atoms with Gasteiger partial charge in [0.1, 0.15) is 18.0 Å². The number of amides is 4. The van der Waals surface area contributed by atoms with E-state index < -0.39 is 29.4 Å². The van der Waals surface area contributed by atoms with Crippen LogP contribution in [0.25, 0.3) is 0 Å². The minimum absolute atomic E-state index is 0.0603. The molecule has 0 spiro atoms. The fourth-order valence-corrected chi connectivity index (χ4v) is 5.83. The van der Waals surface area contributed by atoms with Gasteiger partial charge in [0.25, 0.3) is 5.91 Å². The fourth-order valence-electron chi connectivity index (χ4n) is 4.42. The number of hydrogen-bond acceptors (Lipinski definition) is 6.